The second-order valence-corrected chi connectivity index (χ2v) is 7.82. The fourth-order valence-electron chi connectivity index (χ4n) is 2.64. The third kappa shape index (κ3) is 6.63. The largest absolute Gasteiger partial charge is 0.497 e. The maximum atomic E-state index is 12.5. The molecule has 0 radical (unpaired) electrons. The highest BCUT2D eigenvalue weighted by Gasteiger charge is 2.12. The molecule has 3 aromatic rings. The van der Waals surface area contributed by atoms with E-state index in [2.05, 4.69) is 31.8 Å². The minimum atomic E-state index is -0.482. The SMILES string of the molecule is COc1ccc(C(=O)Oc2ccc(Br)cc2/C=N\NC(=S)Nc2cccc(C)c2)cc1. The van der Waals surface area contributed by atoms with Crippen molar-refractivity contribution in [1.82, 2.24) is 5.43 Å². The van der Waals surface area contributed by atoms with Crippen molar-refractivity contribution in [2.24, 2.45) is 5.10 Å². The zero-order valence-electron chi connectivity index (χ0n) is 16.9. The van der Waals surface area contributed by atoms with Gasteiger partial charge in [0, 0.05) is 15.7 Å². The molecule has 0 aliphatic rings. The molecule has 0 fully saturated rings. The highest BCUT2D eigenvalue weighted by Crippen LogP contribution is 2.23. The molecule has 158 valence electrons. The Hall–Kier alpha value is -3.23. The predicted molar refractivity (Wildman–Crippen MR) is 130 cm³/mol. The molecule has 31 heavy (non-hydrogen) atoms. The van der Waals surface area contributed by atoms with E-state index in [-0.39, 0.29) is 0 Å². The Morgan fingerprint density at radius 2 is 1.87 bits per heavy atom. The molecule has 6 nitrogen and oxygen atoms in total. The molecule has 0 spiro atoms. The Labute approximate surface area is 194 Å². The van der Waals surface area contributed by atoms with Crippen molar-refractivity contribution in [2.45, 2.75) is 6.92 Å². The molecule has 8 heteroatoms. The molecule has 0 saturated carbocycles. The summed E-state index contributed by atoms with van der Waals surface area (Å²) in [6.07, 6.45) is 1.53. The van der Waals surface area contributed by atoms with Crippen LogP contribution in [0.5, 0.6) is 11.5 Å². The molecule has 0 bridgehead atoms. The fraction of sp³-hybridized carbons (Fsp3) is 0.0870. The topological polar surface area (TPSA) is 72.0 Å². The summed E-state index contributed by atoms with van der Waals surface area (Å²) in [5.41, 5.74) is 5.76. The normalized spacial score (nSPS) is 10.5. The van der Waals surface area contributed by atoms with Gasteiger partial charge in [0.1, 0.15) is 11.5 Å². The van der Waals surface area contributed by atoms with E-state index in [9.17, 15) is 4.79 Å². The van der Waals surface area contributed by atoms with Crippen LogP contribution in [0, 0.1) is 6.92 Å². The summed E-state index contributed by atoms with van der Waals surface area (Å²) in [4.78, 5) is 12.5. The van der Waals surface area contributed by atoms with E-state index in [0.29, 0.717) is 27.7 Å². The van der Waals surface area contributed by atoms with Gasteiger partial charge < -0.3 is 14.8 Å². The molecule has 0 aliphatic heterocycles. The van der Waals surface area contributed by atoms with Crippen LogP contribution in [0.25, 0.3) is 0 Å². The van der Waals surface area contributed by atoms with E-state index in [4.69, 9.17) is 21.7 Å². The Morgan fingerprint density at radius 3 is 2.58 bits per heavy atom. The summed E-state index contributed by atoms with van der Waals surface area (Å²) in [6.45, 7) is 2.00. The van der Waals surface area contributed by atoms with Crippen LogP contribution in [0.15, 0.2) is 76.3 Å². The number of rotatable bonds is 6. The number of ether oxygens (including phenoxy) is 2. The van der Waals surface area contributed by atoms with Gasteiger partial charge in [0.15, 0.2) is 5.11 Å². The van der Waals surface area contributed by atoms with Gasteiger partial charge in [-0.1, -0.05) is 28.1 Å². The first-order valence-electron chi connectivity index (χ1n) is 9.27. The van der Waals surface area contributed by atoms with E-state index in [0.717, 1.165) is 15.7 Å². The van der Waals surface area contributed by atoms with Crippen LogP contribution in [0.3, 0.4) is 0 Å². The van der Waals surface area contributed by atoms with Gasteiger partial charge in [-0.2, -0.15) is 5.10 Å². The van der Waals surface area contributed by atoms with Crippen LogP contribution in [-0.2, 0) is 0 Å². The average molecular weight is 498 g/mol. The number of nitrogens with zero attached hydrogens (tertiary/aromatic N) is 1. The van der Waals surface area contributed by atoms with Gasteiger partial charge in [-0.05, 0) is 79.3 Å². The summed E-state index contributed by atoms with van der Waals surface area (Å²) < 4.78 is 11.5. The van der Waals surface area contributed by atoms with Gasteiger partial charge >= 0.3 is 5.97 Å². The number of thiocarbonyl (C=S) groups is 1. The van der Waals surface area contributed by atoms with E-state index in [1.54, 1.807) is 49.6 Å². The number of hydrogen-bond acceptors (Lipinski definition) is 5. The molecular weight excluding hydrogens is 478 g/mol. The number of esters is 1. The standard InChI is InChI=1S/C23H20BrN3O3S/c1-15-4-3-5-19(12-15)26-23(31)27-25-14-17-13-18(24)8-11-21(17)30-22(28)16-6-9-20(29-2)10-7-16/h3-14H,1-2H3,(H2,26,27,31)/b25-14-. The number of methoxy groups -OCH3 is 1. The Balaban J connectivity index is 1.67. The first-order valence-corrected chi connectivity index (χ1v) is 10.5. The molecule has 3 rings (SSSR count). The number of aryl methyl sites for hydroxylation is 1. The minimum absolute atomic E-state index is 0.341. The highest BCUT2D eigenvalue weighted by atomic mass is 79.9. The molecule has 0 saturated heterocycles. The van der Waals surface area contributed by atoms with Crippen LogP contribution < -0.4 is 20.2 Å². The van der Waals surface area contributed by atoms with E-state index in [1.165, 1.54) is 6.21 Å². The zero-order chi connectivity index (χ0) is 22.2. The molecule has 2 N–H and O–H groups in total. The van der Waals surface area contributed by atoms with Crippen LogP contribution in [0.1, 0.15) is 21.5 Å². The molecular formula is C23H20BrN3O3S. The smallest absolute Gasteiger partial charge is 0.343 e. The first kappa shape index (κ1) is 22.5. The summed E-state index contributed by atoms with van der Waals surface area (Å²) in [7, 11) is 1.57. The van der Waals surface area contributed by atoms with E-state index in [1.807, 2.05) is 31.2 Å². The number of nitrogens with one attached hydrogen (secondary N) is 2. The van der Waals surface area contributed by atoms with Crippen molar-refractivity contribution in [3.63, 3.8) is 0 Å². The van der Waals surface area contributed by atoms with Crippen molar-refractivity contribution in [3.05, 3.63) is 87.9 Å². The second-order valence-electron chi connectivity index (χ2n) is 6.49. The predicted octanol–water partition coefficient (Wildman–Crippen LogP) is 5.31. The lowest BCUT2D eigenvalue weighted by Gasteiger charge is -2.09. The van der Waals surface area contributed by atoms with Gasteiger partial charge in [-0.15, -0.1) is 0 Å². The molecule has 0 aromatic heterocycles. The molecule has 0 amide bonds. The van der Waals surface area contributed by atoms with Crippen molar-refractivity contribution < 1.29 is 14.3 Å². The van der Waals surface area contributed by atoms with E-state index < -0.39 is 5.97 Å². The quantitative estimate of drug-likeness (QED) is 0.158. The van der Waals surface area contributed by atoms with Crippen molar-refractivity contribution in [1.29, 1.82) is 0 Å². The Morgan fingerprint density at radius 1 is 1.10 bits per heavy atom. The van der Waals surface area contributed by atoms with Gasteiger partial charge in [0.25, 0.3) is 0 Å². The van der Waals surface area contributed by atoms with Crippen LogP contribution in [-0.4, -0.2) is 24.4 Å². The number of benzene rings is 3. The number of carbonyl (C=O) groups excluding carboxylic acids is 1. The summed E-state index contributed by atoms with van der Waals surface area (Å²) >= 11 is 8.69. The number of anilines is 1. The second kappa shape index (κ2) is 10.7. The number of hydrogen-bond donors (Lipinski definition) is 2. The fourth-order valence-corrected chi connectivity index (χ4v) is 3.19. The molecule has 0 atom stereocenters. The van der Waals surface area contributed by atoms with Gasteiger partial charge in [0.2, 0.25) is 0 Å². The monoisotopic (exact) mass is 497 g/mol. The number of carbonyl (C=O) groups is 1. The summed E-state index contributed by atoms with van der Waals surface area (Å²) in [6, 6.07) is 19.8. The Kier molecular flexibility index (Phi) is 7.75. The summed E-state index contributed by atoms with van der Waals surface area (Å²) in [5.74, 6) is 0.547. The van der Waals surface area contributed by atoms with Gasteiger partial charge in [-0.25, -0.2) is 4.79 Å². The molecule has 0 unspecified atom stereocenters. The lowest BCUT2D eigenvalue weighted by Crippen LogP contribution is -2.23. The van der Waals surface area contributed by atoms with Gasteiger partial charge in [0.05, 0.1) is 18.9 Å². The van der Waals surface area contributed by atoms with E-state index >= 15 is 0 Å². The van der Waals surface area contributed by atoms with Crippen LogP contribution >= 0.6 is 28.1 Å². The average Bonchev–Trinajstić information content (AvgIpc) is 2.75. The maximum Gasteiger partial charge on any atom is 0.343 e. The molecule has 0 heterocycles. The number of hydrazone groups is 1. The third-order valence-corrected chi connectivity index (χ3v) is 4.83. The minimum Gasteiger partial charge on any atom is -0.497 e. The zero-order valence-corrected chi connectivity index (χ0v) is 19.3. The van der Waals surface area contributed by atoms with Crippen LogP contribution in [0.4, 0.5) is 5.69 Å². The first-order chi connectivity index (χ1) is 14.9. The third-order valence-electron chi connectivity index (χ3n) is 4.15. The van der Waals surface area contributed by atoms with Crippen molar-refractivity contribution in [3.8, 4) is 11.5 Å². The van der Waals surface area contributed by atoms with Crippen LogP contribution in [0.2, 0.25) is 0 Å². The lowest BCUT2D eigenvalue weighted by molar-refractivity contribution is 0.0734. The molecule has 0 aliphatic carbocycles. The van der Waals surface area contributed by atoms with Gasteiger partial charge in [-0.3, -0.25) is 5.43 Å². The molecule has 3 aromatic carbocycles. The maximum absolute atomic E-state index is 12.5. The highest BCUT2D eigenvalue weighted by molar-refractivity contribution is 9.10. The summed E-state index contributed by atoms with van der Waals surface area (Å²) in [5, 5.41) is 7.56. The number of halogens is 1. The van der Waals surface area contributed by atoms with Crippen molar-refractivity contribution >= 4 is 51.1 Å². The van der Waals surface area contributed by atoms with Crippen molar-refractivity contribution in [2.75, 3.05) is 12.4 Å². The lowest BCUT2D eigenvalue weighted by atomic mass is 10.2. The Bertz CT molecular complexity index is 1120.